The highest BCUT2D eigenvalue weighted by Gasteiger charge is 2.05. The summed E-state index contributed by atoms with van der Waals surface area (Å²) in [4.78, 5) is 12.0. The van der Waals surface area contributed by atoms with Crippen LogP contribution >= 0.6 is 0 Å². The number of hydrogen-bond donors (Lipinski definition) is 1. The van der Waals surface area contributed by atoms with Gasteiger partial charge in [0.2, 0.25) is 0 Å². The van der Waals surface area contributed by atoms with Gasteiger partial charge in [-0.1, -0.05) is 31.2 Å². The van der Waals surface area contributed by atoms with Crippen molar-refractivity contribution in [1.82, 2.24) is 5.43 Å². The first kappa shape index (κ1) is 14.9. The van der Waals surface area contributed by atoms with Gasteiger partial charge in [0.1, 0.15) is 5.82 Å². The van der Waals surface area contributed by atoms with E-state index in [0.29, 0.717) is 11.3 Å². The summed E-state index contributed by atoms with van der Waals surface area (Å²) in [5, 5.41) is 4.04. The fourth-order valence-electron chi connectivity index (χ4n) is 1.85. The number of hydrazone groups is 1. The molecule has 4 heteroatoms. The van der Waals surface area contributed by atoms with Crippen molar-refractivity contribution in [2.75, 3.05) is 0 Å². The van der Waals surface area contributed by atoms with Crippen LogP contribution in [0.5, 0.6) is 0 Å². The molecule has 0 spiro atoms. The number of aryl methyl sites for hydroxylation is 1. The lowest BCUT2D eigenvalue weighted by molar-refractivity contribution is 0.0955. The van der Waals surface area contributed by atoms with Crippen LogP contribution in [0.2, 0.25) is 0 Å². The molecule has 108 valence electrons. The molecule has 2 rings (SSSR count). The smallest absolute Gasteiger partial charge is 0.267 e. The number of nitrogens with one attached hydrogen (secondary N) is 1. The summed E-state index contributed by atoms with van der Waals surface area (Å²) < 4.78 is 12.8. The quantitative estimate of drug-likeness (QED) is 0.677. The molecular formula is C17H17FN2O. The van der Waals surface area contributed by atoms with Crippen LogP contribution in [0.25, 0.3) is 0 Å². The van der Waals surface area contributed by atoms with Crippen molar-refractivity contribution < 1.29 is 9.18 Å². The average Bonchev–Trinajstić information content (AvgIpc) is 2.53. The lowest BCUT2D eigenvalue weighted by Gasteiger charge is -2.04. The maximum atomic E-state index is 12.8. The van der Waals surface area contributed by atoms with E-state index in [2.05, 4.69) is 17.5 Å². The molecule has 1 amide bonds. The monoisotopic (exact) mass is 284 g/mol. The maximum Gasteiger partial charge on any atom is 0.271 e. The number of carbonyl (C=O) groups is 1. The molecule has 0 bridgehead atoms. The van der Waals surface area contributed by atoms with E-state index >= 15 is 0 Å². The van der Waals surface area contributed by atoms with Gasteiger partial charge in [-0.15, -0.1) is 0 Å². The molecule has 0 aliphatic rings. The predicted octanol–water partition coefficient (Wildman–Crippen LogP) is 3.54. The Bertz CT molecular complexity index is 645. The van der Waals surface area contributed by atoms with Crippen LogP contribution in [0, 0.1) is 5.82 Å². The highest BCUT2D eigenvalue weighted by molar-refractivity contribution is 6.00. The first-order chi connectivity index (χ1) is 10.1. The predicted molar refractivity (Wildman–Crippen MR) is 81.9 cm³/mol. The fraction of sp³-hybridized carbons (Fsp3) is 0.176. The second kappa shape index (κ2) is 6.79. The van der Waals surface area contributed by atoms with Crippen LogP contribution in [0.3, 0.4) is 0 Å². The van der Waals surface area contributed by atoms with Gasteiger partial charge in [-0.3, -0.25) is 4.79 Å². The second-order valence-corrected chi connectivity index (χ2v) is 4.70. The first-order valence-corrected chi connectivity index (χ1v) is 6.79. The third-order valence-electron chi connectivity index (χ3n) is 3.21. The Morgan fingerprint density at radius 1 is 1.05 bits per heavy atom. The van der Waals surface area contributed by atoms with Crippen LogP contribution in [-0.2, 0) is 6.42 Å². The minimum atomic E-state index is -0.299. The van der Waals surface area contributed by atoms with E-state index in [4.69, 9.17) is 0 Å². The molecule has 0 heterocycles. The zero-order valence-corrected chi connectivity index (χ0v) is 12.1. The van der Waals surface area contributed by atoms with E-state index in [1.807, 2.05) is 12.1 Å². The van der Waals surface area contributed by atoms with E-state index in [9.17, 15) is 9.18 Å². The van der Waals surface area contributed by atoms with Gasteiger partial charge in [0.05, 0.1) is 5.71 Å². The Hall–Kier alpha value is -2.49. The zero-order valence-electron chi connectivity index (χ0n) is 12.1. The van der Waals surface area contributed by atoms with Gasteiger partial charge in [0.25, 0.3) is 5.91 Å². The van der Waals surface area contributed by atoms with Crippen molar-refractivity contribution in [3.05, 3.63) is 71.0 Å². The van der Waals surface area contributed by atoms with Gasteiger partial charge in [-0.2, -0.15) is 5.10 Å². The summed E-state index contributed by atoms with van der Waals surface area (Å²) >= 11 is 0. The van der Waals surface area contributed by atoms with Crippen LogP contribution < -0.4 is 5.43 Å². The van der Waals surface area contributed by atoms with Crippen LogP contribution in [0.15, 0.2) is 53.6 Å². The summed E-state index contributed by atoms with van der Waals surface area (Å²) in [5.41, 5.74) is 5.62. The number of amides is 1. The summed E-state index contributed by atoms with van der Waals surface area (Å²) in [6, 6.07) is 13.4. The Labute approximate surface area is 123 Å². The molecule has 2 aromatic rings. The van der Waals surface area contributed by atoms with Gasteiger partial charge in [-0.25, -0.2) is 9.82 Å². The number of carbonyl (C=O) groups excluding carboxylic acids is 1. The molecule has 21 heavy (non-hydrogen) atoms. The molecule has 0 aromatic heterocycles. The molecule has 0 aliphatic heterocycles. The van der Waals surface area contributed by atoms with Gasteiger partial charge in [0.15, 0.2) is 0 Å². The SMILES string of the molecule is CCc1ccc(C(=O)N/N=C(/C)c2ccc(F)cc2)cc1. The van der Waals surface area contributed by atoms with Crippen molar-refractivity contribution in [1.29, 1.82) is 0 Å². The van der Waals surface area contributed by atoms with Crippen molar-refractivity contribution in [3.8, 4) is 0 Å². The molecule has 1 N–H and O–H groups in total. The molecule has 2 aromatic carbocycles. The topological polar surface area (TPSA) is 41.5 Å². The lowest BCUT2D eigenvalue weighted by atomic mass is 10.1. The van der Waals surface area contributed by atoms with Crippen LogP contribution in [-0.4, -0.2) is 11.6 Å². The summed E-state index contributed by atoms with van der Waals surface area (Å²) in [6.45, 7) is 3.82. The largest absolute Gasteiger partial charge is 0.271 e. The Kier molecular flexibility index (Phi) is 4.82. The summed E-state index contributed by atoms with van der Waals surface area (Å²) in [5.74, 6) is -0.564. The minimum absolute atomic E-state index is 0.265. The molecule has 0 unspecified atom stereocenters. The Morgan fingerprint density at radius 3 is 2.19 bits per heavy atom. The molecule has 0 aliphatic carbocycles. The highest BCUT2D eigenvalue weighted by Crippen LogP contribution is 2.06. The van der Waals surface area contributed by atoms with Crippen molar-refractivity contribution in [3.63, 3.8) is 0 Å². The van der Waals surface area contributed by atoms with E-state index in [1.165, 1.54) is 17.7 Å². The highest BCUT2D eigenvalue weighted by atomic mass is 19.1. The van der Waals surface area contributed by atoms with Crippen molar-refractivity contribution >= 4 is 11.6 Å². The van der Waals surface area contributed by atoms with Crippen LogP contribution in [0.4, 0.5) is 4.39 Å². The summed E-state index contributed by atoms with van der Waals surface area (Å²) in [7, 11) is 0. The molecule has 0 fully saturated rings. The zero-order chi connectivity index (χ0) is 15.2. The van der Waals surface area contributed by atoms with Gasteiger partial charge >= 0.3 is 0 Å². The van der Waals surface area contributed by atoms with E-state index in [-0.39, 0.29) is 11.7 Å². The van der Waals surface area contributed by atoms with Crippen LogP contribution in [0.1, 0.15) is 35.3 Å². The van der Waals surface area contributed by atoms with Gasteiger partial charge < -0.3 is 0 Å². The number of rotatable bonds is 4. The Morgan fingerprint density at radius 2 is 1.62 bits per heavy atom. The van der Waals surface area contributed by atoms with Crippen molar-refractivity contribution in [2.24, 2.45) is 5.10 Å². The number of benzene rings is 2. The average molecular weight is 284 g/mol. The molecule has 0 radical (unpaired) electrons. The molecule has 0 saturated heterocycles. The van der Waals surface area contributed by atoms with Gasteiger partial charge in [0, 0.05) is 5.56 Å². The first-order valence-electron chi connectivity index (χ1n) is 6.79. The second-order valence-electron chi connectivity index (χ2n) is 4.70. The number of halogens is 1. The normalized spacial score (nSPS) is 11.3. The summed E-state index contributed by atoms with van der Waals surface area (Å²) in [6.07, 6.45) is 0.934. The molecule has 0 saturated carbocycles. The van der Waals surface area contributed by atoms with E-state index in [0.717, 1.165) is 12.0 Å². The third kappa shape index (κ3) is 3.99. The Balaban J connectivity index is 2.04. The van der Waals surface area contributed by atoms with Gasteiger partial charge in [-0.05, 0) is 48.7 Å². The van der Waals surface area contributed by atoms with E-state index < -0.39 is 0 Å². The fourth-order valence-corrected chi connectivity index (χ4v) is 1.85. The lowest BCUT2D eigenvalue weighted by Crippen LogP contribution is -2.19. The standard InChI is InChI=1S/C17H17FN2O/c1-3-13-4-6-15(7-5-13)17(21)20-19-12(2)14-8-10-16(18)11-9-14/h4-11H,3H2,1-2H3,(H,20,21)/b19-12-. The molecular weight excluding hydrogens is 267 g/mol. The van der Waals surface area contributed by atoms with Crippen molar-refractivity contribution in [2.45, 2.75) is 20.3 Å². The minimum Gasteiger partial charge on any atom is -0.267 e. The third-order valence-corrected chi connectivity index (χ3v) is 3.21. The number of hydrogen-bond acceptors (Lipinski definition) is 2. The van der Waals surface area contributed by atoms with E-state index in [1.54, 1.807) is 31.2 Å². The molecule has 0 atom stereocenters. The number of nitrogens with zero attached hydrogens (tertiary/aromatic N) is 1. The maximum absolute atomic E-state index is 12.8. The molecule has 3 nitrogen and oxygen atoms in total.